The third-order valence-electron chi connectivity index (χ3n) is 7.29. The lowest BCUT2D eigenvalue weighted by Gasteiger charge is -2.54. The van der Waals surface area contributed by atoms with Gasteiger partial charge >= 0.3 is 5.97 Å². The number of hydrogen-bond donors (Lipinski definition) is 1. The molecule has 0 heterocycles. The second kappa shape index (κ2) is 8.90. The molecule has 5 nitrogen and oxygen atoms in total. The Morgan fingerprint density at radius 1 is 0.875 bits per heavy atom. The van der Waals surface area contributed by atoms with Gasteiger partial charge in [0.05, 0.1) is 14.0 Å². The van der Waals surface area contributed by atoms with Crippen LogP contribution in [0.15, 0.2) is 35.2 Å². The molecule has 4 saturated carbocycles. The minimum absolute atomic E-state index is 0.0619. The minimum atomic E-state index is -4.39. The molecule has 0 aromatic heterocycles. The van der Waals surface area contributed by atoms with Crippen LogP contribution >= 0.6 is 67.8 Å². The van der Waals surface area contributed by atoms with E-state index < -0.39 is 16.1 Å². The summed E-state index contributed by atoms with van der Waals surface area (Å²) in [7, 11) is -4.39. The number of benzene rings is 2. The van der Waals surface area contributed by atoms with Crippen molar-refractivity contribution >= 4 is 83.9 Å². The van der Waals surface area contributed by atoms with Gasteiger partial charge in [-0.25, -0.2) is 4.79 Å². The molecule has 0 saturated heterocycles. The third-order valence-corrected chi connectivity index (χ3v) is 11.9. The first-order valence-corrected chi connectivity index (χ1v) is 15.3. The quantitative estimate of drug-likeness (QED) is 0.126. The van der Waals surface area contributed by atoms with Crippen LogP contribution in [-0.4, -0.2) is 18.9 Å². The SMILES string of the molecule is O=C(Oc1cc(I)c(I)cc1I)c1ccc(S(=O)(=O)O)c(C2C3CC4CC(C3)CC2C4)c1. The van der Waals surface area contributed by atoms with Crippen molar-refractivity contribution in [1.82, 2.24) is 0 Å². The van der Waals surface area contributed by atoms with Crippen molar-refractivity contribution in [3.8, 4) is 5.75 Å². The van der Waals surface area contributed by atoms with Crippen molar-refractivity contribution in [2.75, 3.05) is 0 Å². The maximum atomic E-state index is 13.0. The van der Waals surface area contributed by atoms with Crippen LogP contribution in [0, 0.1) is 34.4 Å². The lowest BCUT2D eigenvalue weighted by Crippen LogP contribution is -2.44. The summed E-state index contributed by atoms with van der Waals surface area (Å²) < 4.78 is 42.9. The average Bonchev–Trinajstić information content (AvgIpc) is 2.70. The van der Waals surface area contributed by atoms with E-state index in [1.54, 1.807) is 6.07 Å². The Hall–Kier alpha value is 0.01000. The van der Waals surface area contributed by atoms with Crippen molar-refractivity contribution in [2.24, 2.45) is 23.7 Å². The largest absolute Gasteiger partial charge is 0.422 e. The predicted octanol–water partition coefficient (Wildman–Crippen LogP) is 6.51. The summed E-state index contributed by atoms with van der Waals surface area (Å²) in [5.74, 6) is 2.32. The highest BCUT2D eigenvalue weighted by Crippen LogP contribution is 2.60. The van der Waals surface area contributed by atoms with E-state index in [9.17, 15) is 17.8 Å². The van der Waals surface area contributed by atoms with E-state index >= 15 is 0 Å². The molecule has 6 rings (SSSR count). The van der Waals surface area contributed by atoms with Crippen LogP contribution in [0.4, 0.5) is 0 Å². The zero-order chi connectivity index (χ0) is 22.8. The fourth-order valence-electron chi connectivity index (χ4n) is 6.35. The van der Waals surface area contributed by atoms with Gasteiger partial charge in [-0.3, -0.25) is 4.55 Å². The zero-order valence-electron chi connectivity index (χ0n) is 16.9. The molecule has 9 heteroatoms. The molecule has 170 valence electrons. The van der Waals surface area contributed by atoms with Gasteiger partial charge in [0.15, 0.2) is 0 Å². The summed E-state index contributed by atoms with van der Waals surface area (Å²) in [6.45, 7) is 0. The Morgan fingerprint density at radius 2 is 1.47 bits per heavy atom. The van der Waals surface area contributed by atoms with Crippen molar-refractivity contribution in [3.05, 3.63) is 52.2 Å². The minimum Gasteiger partial charge on any atom is -0.422 e. The number of carbonyl (C=O) groups excluding carboxylic acids is 1. The summed E-state index contributed by atoms with van der Waals surface area (Å²) in [5.41, 5.74) is 0.896. The van der Waals surface area contributed by atoms with Gasteiger partial charge in [0.2, 0.25) is 0 Å². The molecule has 0 spiro atoms. The van der Waals surface area contributed by atoms with Crippen LogP contribution in [0.1, 0.15) is 53.9 Å². The van der Waals surface area contributed by atoms with Gasteiger partial charge in [-0.05, 0) is 165 Å². The monoisotopic (exact) mass is 790 g/mol. The molecule has 32 heavy (non-hydrogen) atoms. The van der Waals surface area contributed by atoms with Gasteiger partial charge in [0.25, 0.3) is 10.1 Å². The standard InChI is InChI=1S/C23H21I3O5S/c24-17-9-19(26)20(10-18(17)25)31-23(27)13-1-2-21(32(28,29)30)16(8-13)22-14-4-11-3-12(6-14)7-15(22)5-11/h1-2,8-12,14-15,22H,3-7H2,(H,28,29,30). The molecule has 2 aromatic carbocycles. The van der Waals surface area contributed by atoms with Gasteiger partial charge in [-0.15, -0.1) is 0 Å². The highest BCUT2D eigenvalue weighted by atomic mass is 127. The molecule has 2 aromatic rings. The zero-order valence-corrected chi connectivity index (χ0v) is 24.2. The van der Waals surface area contributed by atoms with Crippen molar-refractivity contribution in [2.45, 2.75) is 42.9 Å². The van der Waals surface area contributed by atoms with Crippen molar-refractivity contribution in [3.63, 3.8) is 0 Å². The van der Waals surface area contributed by atoms with Crippen LogP contribution in [-0.2, 0) is 10.1 Å². The first-order chi connectivity index (χ1) is 15.1. The van der Waals surface area contributed by atoms with Gasteiger partial charge in [-0.1, -0.05) is 0 Å². The molecule has 0 aliphatic heterocycles. The van der Waals surface area contributed by atoms with Crippen LogP contribution in [0.3, 0.4) is 0 Å². The Labute approximate surface area is 228 Å². The molecule has 0 atom stereocenters. The van der Waals surface area contributed by atoms with E-state index in [-0.39, 0.29) is 10.8 Å². The molecule has 4 aliphatic rings. The number of hydrogen-bond acceptors (Lipinski definition) is 4. The Morgan fingerprint density at radius 3 is 2.06 bits per heavy atom. The molecule has 0 unspecified atom stereocenters. The molecule has 4 bridgehead atoms. The lowest BCUT2D eigenvalue weighted by atomic mass is 9.50. The van der Waals surface area contributed by atoms with Gasteiger partial charge < -0.3 is 4.74 Å². The normalized spacial score (nSPS) is 28.7. The summed E-state index contributed by atoms with van der Waals surface area (Å²) in [6, 6.07) is 8.24. The Bertz CT molecular complexity index is 1180. The number of halogens is 3. The molecular formula is C23H21I3O5S. The maximum Gasteiger partial charge on any atom is 0.343 e. The third kappa shape index (κ3) is 4.49. The molecule has 1 N–H and O–H groups in total. The van der Waals surface area contributed by atoms with Crippen molar-refractivity contribution in [1.29, 1.82) is 0 Å². The fourth-order valence-corrected chi connectivity index (χ4v) is 9.16. The summed E-state index contributed by atoms with van der Waals surface area (Å²) >= 11 is 6.57. The van der Waals surface area contributed by atoms with Gasteiger partial charge in [0.1, 0.15) is 5.75 Å². The number of ether oxygens (including phenoxy) is 1. The van der Waals surface area contributed by atoms with E-state index in [1.807, 2.05) is 12.1 Å². The van der Waals surface area contributed by atoms with E-state index in [1.165, 1.54) is 18.6 Å². The first-order valence-electron chi connectivity index (χ1n) is 10.6. The molecular weight excluding hydrogens is 769 g/mol. The number of rotatable bonds is 4. The van der Waals surface area contributed by atoms with Gasteiger partial charge in [0, 0.05) is 7.14 Å². The molecule has 0 amide bonds. The number of esters is 1. The Balaban J connectivity index is 1.51. The van der Waals surface area contributed by atoms with Crippen LogP contribution in [0.25, 0.3) is 0 Å². The average molecular weight is 790 g/mol. The summed E-state index contributed by atoms with van der Waals surface area (Å²) in [4.78, 5) is 13.0. The highest BCUT2D eigenvalue weighted by Gasteiger charge is 2.49. The Kier molecular flexibility index (Phi) is 6.60. The first kappa shape index (κ1) is 23.7. The van der Waals surface area contributed by atoms with E-state index in [4.69, 9.17) is 4.74 Å². The van der Waals surface area contributed by atoms with E-state index in [0.29, 0.717) is 28.7 Å². The predicted molar refractivity (Wildman–Crippen MR) is 146 cm³/mol. The second-order valence-electron chi connectivity index (χ2n) is 9.27. The van der Waals surface area contributed by atoms with E-state index in [2.05, 4.69) is 67.8 Å². The molecule has 4 fully saturated rings. The lowest BCUT2D eigenvalue weighted by molar-refractivity contribution is -0.00372. The molecule has 0 radical (unpaired) electrons. The highest BCUT2D eigenvalue weighted by molar-refractivity contribution is 14.1. The summed E-state index contributed by atoms with van der Waals surface area (Å²) in [5, 5.41) is 0. The second-order valence-corrected chi connectivity index (χ2v) is 14.1. The smallest absolute Gasteiger partial charge is 0.343 e. The van der Waals surface area contributed by atoms with Crippen LogP contribution in [0.2, 0.25) is 0 Å². The fraction of sp³-hybridized carbons (Fsp3) is 0.435. The number of carbonyl (C=O) groups is 1. The van der Waals surface area contributed by atoms with Crippen LogP contribution in [0.5, 0.6) is 5.75 Å². The molecule has 4 aliphatic carbocycles. The van der Waals surface area contributed by atoms with Crippen LogP contribution < -0.4 is 4.74 Å². The summed E-state index contributed by atoms with van der Waals surface area (Å²) in [6.07, 6.45) is 5.73. The van der Waals surface area contributed by atoms with Gasteiger partial charge in [-0.2, -0.15) is 8.42 Å². The maximum absolute atomic E-state index is 13.0. The topological polar surface area (TPSA) is 80.7 Å². The van der Waals surface area contributed by atoms with Crippen molar-refractivity contribution < 1.29 is 22.5 Å². The van der Waals surface area contributed by atoms with E-state index in [0.717, 1.165) is 48.2 Å².